The Bertz CT molecular complexity index is 896. The minimum Gasteiger partial charge on any atom is -0.502 e. The first-order valence-electron chi connectivity index (χ1n) is 6.10. The van der Waals surface area contributed by atoms with Crippen LogP contribution in [-0.2, 0) is 14.8 Å². The number of aromatic nitrogens is 1. The SMILES string of the molecule is O=C(O)C(O)=CC(=O)c1cccn1S(=O)(=O)c1ccc(Cl)cc1. The van der Waals surface area contributed by atoms with Crippen LogP contribution in [0, 0.1) is 0 Å². The zero-order valence-corrected chi connectivity index (χ0v) is 13.0. The quantitative estimate of drug-likeness (QED) is 0.482. The molecular weight excluding hydrogens is 346 g/mol. The molecule has 0 bridgehead atoms. The highest BCUT2D eigenvalue weighted by Gasteiger charge is 2.22. The Hall–Kier alpha value is -2.58. The number of aliphatic hydroxyl groups is 1. The highest BCUT2D eigenvalue weighted by atomic mass is 35.5. The summed E-state index contributed by atoms with van der Waals surface area (Å²) in [7, 11) is -4.07. The van der Waals surface area contributed by atoms with E-state index in [0.29, 0.717) is 15.1 Å². The maximum atomic E-state index is 12.5. The van der Waals surface area contributed by atoms with Crippen LogP contribution < -0.4 is 0 Å². The number of rotatable bonds is 5. The summed E-state index contributed by atoms with van der Waals surface area (Å²) in [6.07, 6.45) is 1.58. The van der Waals surface area contributed by atoms with Gasteiger partial charge in [0.1, 0.15) is 5.69 Å². The van der Waals surface area contributed by atoms with Gasteiger partial charge in [0.15, 0.2) is 0 Å². The fraction of sp³-hybridized carbons (Fsp3) is 0. The Morgan fingerprint density at radius 3 is 2.26 bits per heavy atom. The maximum Gasteiger partial charge on any atom is 0.371 e. The van der Waals surface area contributed by atoms with Crippen LogP contribution in [0.1, 0.15) is 10.5 Å². The molecule has 2 aromatic rings. The molecule has 0 aliphatic rings. The molecule has 0 saturated carbocycles. The van der Waals surface area contributed by atoms with E-state index in [4.69, 9.17) is 21.8 Å². The first-order chi connectivity index (χ1) is 10.7. The Kier molecular flexibility index (Phi) is 4.57. The molecule has 7 nitrogen and oxygen atoms in total. The first-order valence-corrected chi connectivity index (χ1v) is 7.92. The van der Waals surface area contributed by atoms with E-state index >= 15 is 0 Å². The van der Waals surface area contributed by atoms with E-state index in [-0.39, 0.29) is 10.6 Å². The van der Waals surface area contributed by atoms with Crippen molar-refractivity contribution in [2.45, 2.75) is 4.90 Å². The molecule has 1 aromatic carbocycles. The minimum atomic E-state index is -4.07. The van der Waals surface area contributed by atoms with Gasteiger partial charge >= 0.3 is 5.97 Å². The molecule has 120 valence electrons. The number of hydrogen-bond donors (Lipinski definition) is 2. The summed E-state index contributed by atoms with van der Waals surface area (Å²) in [5.74, 6) is -3.85. The van der Waals surface area contributed by atoms with Crippen LogP contribution >= 0.6 is 11.6 Å². The van der Waals surface area contributed by atoms with Crippen LogP contribution in [0.3, 0.4) is 0 Å². The van der Waals surface area contributed by atoms with Gasteiger partial charge in [-0.25, -0.2) is 17.2 Å². The molecule has 23 heavy (non-hydrogen) atoms. The van der Waals surface area contributed by atoms with Gasteiger partial charge in [-0.3, -0.25) is 4.79 Å². The molecule has 0 radical (unpaired) electrons. The molecule has 0 unspecified atom stereocenters. The summed E-state index contributed by atoms with van der Waals surface area (Å²) >= 11 is 5.71. The van der Waals surface area contributed by atoms with Gasteiger partial charge < -0.3 is 10.2 Å². The normalized spacial score (nSPS) is 12.1. The lowest BCUT2D eigenvalue weighted by Gasteiger charge is -2.09. The molecular formula is C14H10ClNO6S. The number of carboxylic acids is 1. The Labute approximate surface area is 136 Å². The number of carboxylic acid groups (broad SMARTS) is 1. The number of halogens is 1. The van der Waals surface area contributed by atoms with E-state index in [2.05, 4.69) is 0 Å². The lowest BCUT2D eigenvalue weighted by atomic mass is 10.2. The summed E-state index contributed by atoms with van der Waals surface area (Å²) in [5, 5.41) is 18.0. The van der Waals surface area contributed by atoms with Gasteiger partial charge in [-0.1, -0.05) is 11.6 Å². The van der Waals surface area contributed by atoms with E-state index < -0.39 is 27.5 Å². The van der Waals surface area contributed by atoms with Crippen LogP contribution in [0.25, 0.3) is 0 Å². The molecule has 0 saturated heterocycles. The number of aliphatic carboxylic acids is 1. The molecule has 0 aliphatic heterocycles. The van der Waals surface area contributed by atoms with Gasteiger partial charge in [-0.2, -0.15) is 0 Å². The number of aliphatic hydroxyl groups excluding tert-OH is 1. The molecule has 0 aliphatic carbocycles. The van der Waals surface area contributed by atoms with E-state index in [0.717, 1.165) is 6.20 Å². The van der Waals surface area contributed by atoms with E-state index in [1.807, 2.05) is 0 Å². The summed E-state index contributed by atoms with van der Waals surface area (Å²) < 4.78 is 25.7. The van der Waals surface area contributed by atoms with Crippen LogP contribution in [-0.4, -0.2) is 34.4 Å². The van der Waals surface area contributed by atoms with Crippen molar-refractivity contribution in [1.29, 1.82) is 0 Å². The van der Waals surface area contributed by atoms with Gasteiger partial charge in [0.2, 0.25) is 11.5 Å². The van der Waals surface area contributed by atoms with Crippen molar-refractivity contribution in [2.24, 2.45) is 0 Å². The monoisotopic (exact) mass is 355 g/mol. The van der Waals surface area contributed by atoms with Gasteiger partial charge in [-0.05, 0) is 36.4 Å². The second kappa shape index (κ2) is 6.27. The standard InChI is InChI=1S/C14H10ClNO6S/c15-9-3-5-10(6-4-9)23(21,22)16-7-1-2-11(16)12(17)8-13(18)14(19)20/h1-8,18H,(H,19,20). The van der Waals surface area contributed by atoms with Crippen LogP contribution in [0.5, 0.6) is 0 Å². The van der Waals surface area contributed by atoms with Crippen molar-refractivity contribution in [2.75, 3.05) is 0 Å². The zero-order valence-electron chi connectivity index (χ0n) is 11.4. The van der Waals surface area contributed by atoms with Gasteiger partial charge in [0.25, 0.3) is 10.0 Å². The number of carbonyl (C=O) groups excluding carboxylic acids is 1. The number of allylic oxidation sites excluding steroid dienone is 1. The predicted octanol–water partition coefficient (Wildman–Crippen LogP) is 2.09. The van der Waals surface area contributed by atoms with Crippen molar-refractivity contribution in [3.63, 3.8) is 0 Å². The third kappa shape index (κ3) is 3.43. The second-order valence-corrected chi connectivity index (χ2v) is 6.60. The summed E-state index contributed by atoms with van der Waals surface area (Å²) in [6.45, 7) is 0. The summed E-state index contributed by atoms with van der Waals surface area (Å²) in [5.41, 5.74) is -0.312. The average molecular weight is 356 g/mol. The number of carbonyl (C=O) groups is 2. The fourth-order valence-corrected chi connectivity index (χ4v) is 3.22. The minimum absolute atomic E-state index is 0.0985. The van der Waals surface area contributed by atoms with E-state index in [9.17, 15) is 18.0 Å². The third-order valence-corrected chi connectivity index (χ3v) is 4.78. The van der Waals surface area contributed by atoms with Crippen LogP contribution in [0.15, 0.2) is 59.3 Å². The Morgan fingerprint density at radius 2 is 1.70 bits per heavy atom. The molecule has 0 fully saturated rings. The largest absolute Gasteiger partial charge is 0.502 e. The second-order valence-electron chi connectivity index (χ2n) is 4.35. The number of hydrogen-bond acceptors (Lipinski definition) is 5. The fourth-order valence-electron chi connectivity index (χ4n) is 1.75. The third-order valence-electron chi connectivity index (χ3n) is 2.82. The highest BCUT2D eigenvalue weighted by Crippen LogP contribution is 2.19. The summed E-state index contributed by atoms with van der Waals surface area (Å²) in [4.78, 5) is 22.4. The van der Waals surface area contributed by atoms with Gasteiger partial charge in [0, 0.05) is 17.3 Å². The van der Waals surface area contributed by atoms with Crippen molar-refractivity contribution in [3.8, 4) is 0 Å². The zero-order chi connectivity index (χ0) is 17.2. The van der Waals surface area contributed by atoms with Gasteiger partial charge in [0.05, 0.1) is 4.90 Å². The molecule has 1 aromatic heterocycles. The lowest BCUT2D eigenvalue weighted by Crippen LogP contribution is -2.17. The maximum absolute atomic E-state index is 12.5. The number of ketones is 1. The highest BCUT2D eigenvalue weighted by molar-refractivity contribution is 7.90. The number of nitrogens with zero attached hydrogens (tertiary/aromatic N) is 1. The van der Waals surface area contributed by atoms with Crippen molar-refractivity contribution in [3.05, 3.63) is 65.1 Å². The molecule has 2 N–H and O–H groups in total. The Morgan fingerprint density at radius 1 is 1.09 bits per heavy atom. The summed E-state index contributed by atoms with van der Waals surface area (Å²) in [6, 6.07) is 7.83. The van der Waals surface area contributed by atoms with Crippen molar-refractivity contribution < 1.29 is 28.2 Å². The molecule has 0 atom stereocenters. The Balaban J connectivity index is 2.49. The molecule has 1 heterocycles. The van der Waals surface area contributed by atoms with Crippen LogP contribution in [0.2, 0.25) is 5.02 Å². The van der Waals surface area contributed by atoms with E-state index in [1.165, 1.54) is 36.4 Å². The molecule has 9 heteroatoms. The topological polar surface area (TPSA) is 114 Å². The lowest BCUT2D eigenvalue weighted by molar-refractivity contribution is -0.135. The first kappa shape index (κ1) is 16.8. The van der Waals surface area contributed by atoms with Crippen molar-refractivity contribution in [1.82, 2.24) is 3.97 Å². The predicted molar refractivity (Wildman–Crippen MR) is 81.1 cm³/mol. The van der Waals surface area contributed by atoms with Crippen LogP contribution in [0.4, 0.5) is 0 Å². The van der Waals surface area contributed by atoms with Crippen molar-refractivity contribution >= 4 is 33.4 Å². The molecule has 0 spiro atoms. The van der Waals surface area contributed by atoms with E-state index in [1.54, 1.807) is 0 Å². The molecule has 2 rings (SSSR count). The van der Waals surface area contributed by atoms with Gasteiger partial charge in [-0.15, -0.1) is 0 Å². The molecule has 0 amide bonds. The smallest absolute Gasteiger partial charge is 0.371 e. The average Bonchev–Trinajstić information content (AvgIpc) is 2.97. The number of benzene rings is 1.